The summed E-state index contributed by atoms with van der Waals surface area (Å²) >= 11 is 0. The molecule has 0 aliphatic rings. The summed E-state index contributed by atoms with van der Waals surface area (Å²) < 4.78 is 0. The van der Waals surface area contributed by atoms with Crippen molar-refractivity contribution in [1.29, 1.82) is 0 Å². The highest BCUT2D eigenvalue weighted by molar-refractivity contribution is 4.43. The molecular formula is C5H11NO2. The molecule has 8 heavy (non-hydrogen) atoms. The van der Waals surface area contributed by atoms with Crippen molar-refractivity contribution >= 4 is 0 Å². The van der Waals surface area contributed by atoms with Crippen molar-refractivity contribution in [2.24, 2.45) is 11.3 Å². The second-order valence-electron chi connectivity index (χ2n) is 1.88. The molecule has 0 rings (SSSR count). The molecule has 0 N–H and O–H groups in total. The Bertz CT molecular complexity index is 65.4. The number of nitrogens with zero attached hydrogens (tertiary/aromatic N) is 1. The number of rotatable bonds is 4. The Kier molecular flexibility index (Phi) is 4.21. The molecule has 0 unspecified atom stereocenters. The van der Waals surface area contributed by atoms with E-state index in [0.29, 0.717) is 12.5 Å². The Morgan fingerprint density at radius 3 is 2.75 bits per heavy atom. The van der Waals surface area contributed by atoms with Crippen molar-refractivity contribution in [3.05, 3.63) is 4.91 Å². The zero-order valence-corrected chi connectivity index (χ0v) is 5.26. The predicted molar refractivity (Wildman–Crippen MR) is 31.2 cm³/mol. The summed E-state index contributed by atoms with van der Waals surface area (Å²) in [5.74, 6) is 0.438. The Balaban J connectivity index is 2.97. The summed E-state index contributed by atoms with van der Waals surface area (Å²) in [6.07, 6.45) is 1.02. The fraction of sp³-hybridized carbons (Fsp3) is 1.00. The second-order valence-corrected chi connectivity index (χ2v) is 1.88. The quantitative estimate of drug-likeness (QED) is 0.415. The minimum atomic E-state index is 0.438. The van der Waals surface area contributed by atoms with E-state index in [1.165, 1.54) is 0 Å². The van der Waals surface area contributed by atoms with Crippen LogP contribution in [0.1, 0.15) is 20.3 Å². The number of hydrogen-bond donors (Lipinski definition) is 0. The van der Waals surface area contributed by atoms with Crippen molar-refractivity contribution in [3.8, 4) is 0 Å². The topological polar surface area (TPSA) is 38.7 Å². The zero-order valence-electron chi connectivity index (χ0n) is 5.26. The molecule has 0 bridgehead atoms. The summed E-state index contributed by atoms with van der Waals surface area (Å²) in [5.41, 5.74) is 0. The molecule has 0 aromatic rings. The highest BCUT2D eigenvalue weighted by Crippen LogP contribution is 1.99. The van der Waals surface area contributed by atoms with Gasteiger partial charge in [-0.15, -0.1) is 4.91 Å². The van der Waals surface area contributed by atoms with Crippen LogP contribution in [0.25, 0.3) is 0 Å². The second kappa shape index (κ2) is 4.56. The molecule has 3 heteroatoms. The monoisotopic (exact) mass is 117 g/mol. The van der Waals surface area contributed by atoms with E-state index in [9.17, 15) is 4.91 Å². The van der Waals surface area contributed by atoms with Crippen LogP contribution < -0.4 is 0 Å². The summed E-state index contributed by atoms with van der Waals surface area (Å²) in [5, 5.41) is 2.27. The van der Waals surface area contributed by atoms with Crippen molar-refractivity contribution in [2.45, 2.75) is 20.3 Å². The molecular weight excluding hydrogens is 106 g/mol. The van der Waals surface area contributed by atoms with E-state index in [-0.39, 0.29) is 0 Å². The van der Waals surface area contributed by atoms with Crippen molar-refractivity contribution < 1.29 is 4.84 Å². The van der Waals surface area contributed by atoms with Gasteiger partial charge >= 0.3 is 0 Å². The highest BCUT2D eigenvalue weighted by Gasteiger charge is 1.96. The lowest BCUT2D eigenvalue weighted by molar-refractivity contribution is 0.107. The summed E-state index contributed by atoms with van der Waals surface area (Å²) in [7, 11) is 0. The van der Waals surface area contributed by atoms with E-state index < -0.39 is 0 Å². The maximum Gasteiger partial charge on any atom is 0.155 e. The fourth-order valence-electron chi connectivity index (χ4n) is 0.276. The van der Waals surface area contributed by atoms with Crippen molar-refractivity contribution in [3.63, 3.8) is 0 Å². The molecule has 0 heterocycles. The van der Waals surface area contributed by atoms with Gasteiger partial charge in [-0.2, -0.15) is 0 Å². The third kappa shape index (κ3) is 3.59. The first-order chi connectivity index (χ1) is 3.81. The van der Waals surface area contributed by atoms with Gasteiger partial charge in [0.1, 0.15) is 6.61 Å². The Morgan fingerprint density at radius 1 is 1.75 bits per heavy atom. The normalized spacial score (nSPS) is 12.8. The van der Waals surface area contributed by atoms with Gasteiger partial charge < -0.3 is 4.84 Å². The third-order valence-electron chi connectivity index (χ3n) is 1.11. The number of hydrogen-bond acceptors (Lipinski definition) is 3. The summed E-state index contributed by atoms with van der Waals surface area (Å²) in [6.45, 7) is 4.49. The fourth-order valence-corrected chi connectivity index (χ4v) is 0.276. The van der Waals surface area contributed by atoms with Crippen LogP contribution in [-0.2, 0) is 4.84 Å². The molecule has 0 radical (unpaired) electrons. The van der Waals surface area contributed by atoms with Gasteiger partial charge in [-0.05, 0) is 5.92 Å². The SMILES string of the molecule is CC[C@@H](C)CON=O. The molecule has 0 aliphatic carbocycles. The third-order valence-corrected chi connectivity index (χ3v) is 1.11. The Hall–Kier alpha value is -0.600. The lowest BCUT2D eigenvalue weighted by atomic mass is 10.1. The average molecular weight is 117 g/mol. The first-order valence-corrected chi connectivity index (χ1v) is 2.75. The predicted octanol–water partition coefficient (Wildman–Crippen LogP) is 1.73. The first-order valence-electron chi connectivity index (χ1n) is 2.75. The Labute approximate surface area is 49.0 Å². The minimum absolute atomic E-state index is 0.438. The van der Waals surface area contributed by atoms with Crippen LogP contribution in [0.15, 0.2) is 5.34 Å². The smallest absolute Gasteiger partial charge is 0.155 e. The van der Waals surface area contributed by atoms with Crippen LogP contribution in [0.3, 0.4) is 0 Å². The van der Waals surface area contributed by atoms with E-state index in [0.717, 1.165) is 6.42 Å². The maximum absolute atomic E-state index is 9.35. The molecule has 3 nitrogen and oxygen atoms in total. The van der Waals surface area contributed by atoms with Crippen molar-refractivity contribution in [2.75, 3.05) is 6.61 Å². The van der Waals surface area contributed by atoms with Gasteiger partial charge in [0.05, 0.1) is 0 Å². The lowest BCUT2D eigenvalue weighted by Crippen LogP contribution is -1.99. The van der Waals surface area contributed by atoms with Gasteiger partial charge in [-0.3, -0.25) is 0 Å². The molecule has 0 aromatic heterocycles. The van der Waals surface area contributed by atoms with E-state index in [4.69, 9.17) is 0 Å². The average Bonchev–Trinajstić information content (AvgIpc) is 1.83. The largest absolute Gasteiger partial charge is 0.364 e. The van der Waals surface area contributed by atoms with Gasteiger partial charge in [0.15, 0.2) is 5.34 Å². The van der Waals surface area contributed by atoms with Crippen LogP contribution in [0.2, 0.25) is 0 Å². The molecule has 0 saturated heterocycles. The molecule has 0 aromatic carbocycles. The highest BCUT2D eigenvalue weighted by atomic mass is 16.7. The summed E-state index contributed by atoms with van der Waals surface area (Å²) in [6, 6.07) is 0. The lowest BCUT2D eigenvalue weighted by Gasteiger charge is -2.01. The molecule has 0 amide bonds. The standard InChI is InChI=1S/C5H11NO2/c1-3-5(2)4-8-6-7/h5H,3-4H2,1-2H3/t5-/m1/s1. The minimum Gasteiger partial charge on any atom is -0.364 e. The Morgan fingerprint density at radius 2 is 2.38 bits per heavy atom. The first kappa shape index (κ1) is 7.40. The van der Waals surface area contributed by atoms with E-state index in [2.05, 4.69) is 10.2 Å². The zero-order chi connectivity index (χ0) is 6.41. The van der Waals surface area contributed by atoms with E-state index >= 15 is 0 Å². The van der Waals surface area contributed by atoms with Crippen LogP contribution in [0, 0.1) is 10.8 Å². The van der Waals surface area contributed by atoms with Gasteiger partial charge in [0.2, 0.25) is 0 Å². The van der Waals surface area contributed by atoms with Crippen LogP contribution >= 0.6 is 0 Å². The molecule has 0 saturated carbocycles. The van der Waals surface area contributed by atoms with Gasteiger partial charge in [-0.1, -0.05) is 20.3 Å². The van der Waals surface area contributed by atoms with Crippen LogP contribution in [0.5, 0.6) is 0 Å². The summed E-state index contributed by atoms with van der Waals surface area (Å²) in [4.78, 5) is 13.6. The van der Waals surface area contributed by atoms with Gasteiger partial charge in [0.25, 0.3) is 0 Å². The van der Waals surface area contributed by atoms with Crippen LogP contribution in [0.4, 0.5) is 0 Å². The van der Waals surface area contributed by atoms with E-state index in [1.807, 2.05) is 13.8 Å². The molecule has 1 atom stereocenters. The van der Waals surface area contributed by atoms with Gasteiger partial charge in [-0.25, -0.2) is 0 Å². The van der Waals surface area contributed by atoms with Crippen molar-refractivity contribution in [1.82, 2.24) is 0 Å². The maximum atomic E-state index is 9.35. The molecule has 0 aliphatic heterocycles. The molecule has 48 valence electrons. The van der Waals surface area contributed by atoms with Crippen LogP contribution in [-0.4, -0.2) is 6.61 Å². The van der Waals surface area contributed by atoms with Gasteiger partial charge in [0, 0.05) is 0 Å². The van der Waals surface area contributed by atoms with E-state index in [1.54, 1.807) is 0 Å². The molecule has 0 spiro atoms. The molecule has 0 fully saturated rings.